The highest BCUT2D eigenvalue weighted by Gasteiger charge is 2.27. The first-order valence-corrected chi connectivity index (χ1v) is 8.64. The lowest BCUT2D eigenvalue weighted by atomic mass is 10.2. The van der Waals surface area contributed by atoms with E-state index in [1.165, 1.54) is 6.07 Å². The van der Waals surface area contributed by atoms with Crippen LogP contribution in [0.1, 0.15) is 16.1 Å². The molecule has 0 spiro atoms. The maximum absolute atomic E-state index is 12.7. The summed E-state index contributed by atoms with van der Waals surface area (Å²) in [6, 6.07) is 10.1. The van der Waals surface area contributed by atoms with Gasteiger partial charge in [-0.25, -0.2) is 4.98 Å². The summed E-state index contributed by atoms with van der Waals surface area (Å²) in [7, 11) is 0. The number of aromatic nitrogens is 2. The van der Waals surface area contributed by atoms with E-state index < -0.39 is 11.8 Å². The number of hydrogen-bond donors (Lipinski definition) is 3. The van der Waals surface area contributed by atoms with Crippen molar-refractivity contribution in [3.8, 4) is 6.07 Å². The van der Waals surface area contributed by atoms with Gasteiger partial charge in [0.05, 0.1) is 18.2 Å². The number of hydrogen-bond acceptors (Lipinski definition) is 8. The number of anilines is 3. The number of primary amides is 2. The lowest BCUT2D eigenvalue weighted by Gasteiger charge is -2.34. The van der Waals surface area contributed by atoms with Crippen LogP contribution in [0.5, 0.6) is 0 Å². The van der Waals surface area contributed by atoms with Crippen molar-refractivity contribution in [2.75, 3.05) is 41.3 Å². The summed E-state index contributed by atoms with van der Waals surface area (Å²) in [5, 5.41) is 11.7. The minimum atomic E-state index is -0.769. The van der Waals surface area contributed by atoms with Crippen molar-refractivity contribution in [2.24, 2.45) is 11.5 Å². The lowest BCUT2D eigenvalue weighted by molar-refractivity contribution is -0.118. The molecule has 1 aliphatic heterocycles. The summed E-state index contributed by atoms with van der Waals surface area (Å²) in [6.07, 6.45) is 0. The highest BCUT2D eigenvalue weighted by Crippen LogP contribution is 2.21. The van der Waals surface area contributed by atoms with Gasteiger partial charge in [-0.3, -0.25) is 14.4 Å². The zero-order valence-corrected chi connectivity index (χ0v) is 15.3. The number of benzene rings is 1. The zero-order chi connectivity index (χ0) is 21.0. The summed E-state index contributed by atoms with van der Waals surface area (Å²) in [6.45, 7) is 0.507. The average molecular weight is 394 g/mol. The molecule has 0 atom stereocenters. The van der Waals surface area contributed by atoms with Gasteiger partial charge in [0.1, 0.15) is 18.1 Å². The van der Waals surface area contributed by atoms with E-state index in [0.717, 1.165) is 0 Å². The molecule has 0 saturated carbocycles. The van der Waals surface area contributed by atoms with E-state index in [1.54, 1.807) is 34.1 Å². The summed E-state index contributed by atoms with van der Waals surface area (Å²) in [5.41, 5.74) is 11.5. The molecule has 148 valence electrons. The van der Waals surface area contributed by atoms with Gasteiger partial charge in [-0.2, -0.15) is 10.2 Å². The summed E-state index contributed by atoms with van der Waals surface area (Å²) in [5.74, 6) is -1.26. The second-order valence-corrected chi connectivity index (χ2v) is 6.25. The molecule has 2 heterocycles. The number of rotatable bonds is 6. The van der Waals surface area contributed by atoms with Crippen molar-refractivity contribution in [1.29, 1.82) is 5.26 Å². The van der Waals surface area contributed by atoms with Gasteiger partial charge in [0.2, 0.25) is 17.8 Å². The molecule has 3 rings (SSSR count). The molecule has 5 N–H and O–H groups in total. The molecule has 0 bridgehead atoms. The highest BCUT2D eigenvalue weighted by molar-refractivity contribution is 5.98. The van der Waals surface area contributed by atoms with Crippen LogP contribution in [0.4, 0.5) is 17.5 Å². The number of piperazine rings is 1. The zero-order valence-electron chi connectivity index (χ0n) is 15.3. The number of carbonyl (C=O) groups is 3. The Hall–Kier alpha value is -4.20. The fourth-order valence-corrected chi connectivity index (χ4v) is 2.83. The summed E-state index contributed by atoms with van der Waals surface area (Å²) < 4.78 is 0. The third-order valence-corrected chi connectivity index (χ3v) is 4.20. The second kappa shape index (κ2) is 8.22. The van der Waals surface area contributed by atoms with Crippen LogP contribution in [0, 0.1) is 11.3 Å². The molecule has 29 heavy (non-hydrogen) atoms. The van der Waals surface area contributed by atoms with Crippen LogP contribution < -0.4 is 26.6 Å². The summed E-state index contributed by atoms with van der Waals surface area (Å²) in [4.78, 5) is 46.8. The topological polar surface area (TPSA) is 171 Å². The molecule has 11 nitrogen and oxygen atoms in total. The van der Waals surface area contributed by atoms with Crippen LogP contribution in [-0.2, 0) is 9.59 Å². The predicted molar refractivity (Wildman–Crippen MR) is 104 cm³/mol. The number of nitrogens with one attached hydrogen (secondary N) is 1. The van der Waals surface area contributed by atoms with Gasteiger partial charge in [0.15, 0.2) is 0 Å². The second-order valence-electron chi connectivity index (χ2n) is 6.25. The van der Waals surface area contributed by atoms with Crippen molar-refractivity contribution in [2.45, 2.75) is 0 Å². The van der Waals surface area contributed by atoms with Crippen molar-refractivity contribution in [3.05, 3.63) is 41.6 Å². The maximum Gasteiger partial charge on any atom is 0.267 e. The van der Waals surface area contributed by atoms with Gasteiger partial charge in [0, 0.05) is 24.8 Å². The van der Waals surface area contributed by atoms with Crippen LogP contribution in [0.3, 0.4) is 0 Å². The number of nitriles is 1. The number of nitrogens with two attached hydrogens (primary N) is 2. The van der Waals surface area contributed by atoms with Gasteiger partial charge in [-0.05, 0) is 18.2 Å². The fraction of sp³-hybridized carbons (Fsp3) is 0.222. The molecule has 0 radical (unpaired) electrons. The molecule has 1 fully saturated rings. The SMILES string of the molecule is N#Cc1cccc(N2CCN(c3nc(NCC(N)=O)cc(C(N)=O)n3)CC2=O)c1. The van der Waals surface area contributed by atoms with E-state index >= 15 is 0 Å². The van der Waals surface area contributed by atoms with E-state index in [4.69, 9.17) is 16.7 Å². The minimum Gasteiger partial charge on any atom is -0.368 e. The largest absolute Gasteiger partial charge is 0.368 e. The quantitative estimate of drug-likeness (QED) is 0.571. The Morgan fingerprint density at radius 1 is 1.21 bits per heavy atom. The van der Waals surface area contributed by atoms with Crippen molar-refractivity contribution in [3.63, 3.8) is 0 Å². The molecule has 0 unspecified atom stereocenters. The van der Waals surface area contributed by atoms with E-state index in [9.17, 15) is 14.4 Å². The Morgan fingerprint density at radius 2 is 2.00 bits per heavy atom. The molecule has 11 heteroatoms. The van der Waals surface area contributed by atoms with Crippen molar-refractivity contribution in [1.82, 2.24) is 9.97 Å². The average Bonchev–Trinajstić information content (AvgIpc) is 2.72. The number of carbonyl (C=O) groups excluding carboxylic acids is 3. The van der Waals surface area contributed by atoms with Gasteiger partial charge in [-0.15, -0.1) is 0 Å². The maximum atomic E-state index is 12.7. The van der Waals surface area contributed by atoms with Crippen LogP contribution in [0.15, 0.2) is 30.3 Å². The Morgan fingerprint density at radius 3 is 2.66 bits per heavy atom. The first-order chi connectivity index (χ1) is 13.9. The standard InChI is InChI=1S/C18H18N8O3/c19-8-11-2-1-3-12(6-11)26-5-4-25(10-16(26)28)18-23-13(17(21)29)7-15(24-18)22-9-14(20)27/h1-3,6-7H,4-5,9-10H2,(H2,20,27)(H2,21,29)(H,22,23,24). The highest BCUT2D eigenvalue weighted by atomic mass is 16.2. The molecule has 1 aliphatic rings. The normalized spacial score (nSPS) is 13.7. The monoisotopic (exact) mass is 394 g/mol. The Kier molecular flexibility index (Phi) is 5.54. The first kappa shape index (κ1) is 19.6. The van der Waals surface area contributed by atoms with E-state index in [2.05, 4.69) is 15.3 Å². The van der Waals surface area contributed by atoms with Crippen molar-refractivity contribution >= 4 is 35.2 Å². The third kappa shape index (κ3) is 4.56. The molecule has 1 saturated heterocycles. The van der Waals surface area contributed by atoms with Gasteiger partial charge < -0.3 is 26.6 Å². The molecular formula is C18H18N8O3. The number of amides is 3. The van der Waals surface area contributed by atoms with Crippen LogP contribution in [0.25, 0.3) is 0 Å². The lowest BCUT2D eigenvalue weighted by Crippen LogP contribution is -2.51. The Balaban J connectivity index is 1.81. The van der Waals surface area contributed by atoms with E-state index in [-0.39, 0.29) is 36.5 Å². The van der Waals surface area contributed by atoms with Gasteiger partial charge in [0.25, 0.3) is 5.91 Å². The van der Waals surface area contributed by atoms with Gasteiger partial charge >= 0.3 is 0 Å². The van der Waals surface area contributed by atoms with Crippen LogP contribution in [0.2, 0.25) is 0 Å². The van der Waals surface area contributed by atoms with Crippen LogP contribution in [-0.4, -0.2) is 53.9 Å². The van der Waals surface area contributed by atoms with Gasteiger partial charge in [-0.1, -0.05) is 6.07 Å². The minimum absolute atomic E-state index is 0.0335. The smallest absolute Gasteiger partial charge is 0.267 e. The molecular weight excluding hydrogens is 376 g/mol. The molecule has 3 amide bonds. The van der Waals surface area contributed by atoms with Crippen LogP contribution >= 0.6 is 0 Å². The van der Waals surface area contributed by atoms with E-state index in [0.29, 0.717) is 24.3 Å². The van der Waals surface area contributed by atoms with E-state index in [1.807, 2.05) is 6.07 Å². The molecule has 1 aromatic heterocycles. The Bertz CT molecular complexity index is 1020. The molecule has 1 aromatic carbocycles. The molecule has 0 aliphatic carbocycles. The Labute approximate surface area is 165 Å². The van der Waals surface area contributed by atoms with Crippen molar-refractivity contribution < 1.29 is 14.4 Å². The number of nitrogens with zero attached hydrogens (tertiary/aromatic N) is 5. The predicted octanol–water partition coefficient (Wildman–Crippen LogP) is -0.802. The third-order valence-electron chi connectivity index (χ3n) is 4.20. The molecule has 2 aromatic rings. The first-order valence-electron chi connectivity index (χ1n) is 8.64. The summed E-state index contributed by atoms with van der Waals surface area (Å²) >= 11 is 0. The fourth-order valence-electron chi connectivity index (χ4n) is 2.83.